The molecule has 1 aromatic carbocycles. The smallest absolute Gasteiger partial charge is 0.337 e. The highest BCUT2D eigenvalue weighted by molar-refractivity contribution is 7.98. The number of fused-ring (bicyclic) bond motifs is 1. The van der Waals surface area contributed by atoms with Crippen molar-refractivity contribution in [3.63, 3.8) is 0 Å². The highest BCUT2D eigenvalue weighted by Crippen LogP contribution is 2.46. The molecule has 1 atom stereocenters. The van der Waals surface area contributed by atoms with Crippen molar-refractivity contribution < 1.29 is 9.53 Å². The molecule has 25 heavy (non-hydrogen) atoms. The predicted octanol–water partition coefficient (Wildman–Crippen LogP) is 2.77. The molecule has 0 radical (unpaired) electrons. The number of ether oxygens (including phenoxy) is 1. The normalized spacial score (nSPS) is 18.5. The molecule has 0 saturated carbocycles. The van der Waals surface area contributed by atoms with Crippen LogP contribution in [0, 0.1) is 13.8 Å². The van der Waals surface area contributed by atoms with Crippen LogP contribution in [-0.2, 0) is 9.53 Å². The van der Waals surface area contributed by atoms with E-state index < -0.39 is 0 Å². The first kappa shape index (κ1) is 16.0. The molecule has 0 unspecified atom stereocenters. The summed E-state index contributed by atoms with van der Waals surface area (Å²) in [4.78, 5) is 21.3. The van der Waals surface area contributed by atoms with Gasteiger partial charge in [-0.2, -0.15) is 0 Å². The van der Waals surface area contributed by atoms with Gasteiger partial charge in [0.1, 0.15) is 18.2 Å². The Labute approximate surface area is 149 Å². The first-order chi connectivity index (χ1) is 12.0. The molecule has 1 aromatic heterocycles. The molecular formula is C18H18N4O2S. The molecule has 6 nitrogen and oxygen atoms in total. The van der Waals surface area contributed by atoms with Gasteiger partial charge in [-0.05, 0) is 36.8 Å². The third-order valence-electron chi connectivity index (χ3n) is 4.74. The van der Waals surface area contributed by atoms with Gasteiger partial charge in [-0.3, -0.25) is 0 Å². The van der Waals surface area contributed by atoms with Gasteiger partial charge < -0.3 is 15.8 Å². The fourth-order valence-corrected chi connectivity index (χ4v) is 3.69. The lowest BCUT2D eigenvalue weighted by Gasteiger charge is -2.27. The van der Waals surface area contributed by atoms with E-state index >= 15 is 0 Å². The zero-order valence-electron chi connectivity index (χ0n) is 14.2. The number of nitrogen functional groups attached to an aromatic ring is 1. The molecule has 2 aliphatic heterocycles. The van der Waals surface area contributed by atoms with Gasteiger partial charge in [0.05, 0.1) is 17.2 Å². The van der Waals surface area contributed by atoms with Crippen LogP contribution in [0.4, 0.5) is 11.6 Å². The van der Waals surface area contributed by atoms with Gasteiger partial charge >= 0.3 is 5.97 Å². The van der Waals surface area contributed by atoms with E-state index in [9.17, 15) is 4.79 Å². The number of anilines is 2. The summed E-state index contributed by atoms with van der Waals surface area (Å²) in [5.41, 5.74) is 11.7. The van der Waals surface area contributed by atoms with Crippen LogP contribution in [0.25, 0.3) is 0 Å². The summed E-state index contributed by atoms with van der Waals surface area (Å²) in [5.74, 6) is 0.398. The number of cyclic esters (lactones) is 1. The number of carbonyl (C=O) groups is 1. The van der Waals surface area contributed by atoms with Gasteiger partial charge in [-0.15, -0.1) is 0 Å². The maximum absolute atomic E-state index is 12.4. The number of nitrogens with one attached hydrogen (secondary N) is 1. The van der Waals surface area contributed by atoms with Gasteiger partial charge in [0.2, 0.25) is 0 Å². The Morgan fingerprint density at radius 1 is 1.28 bits per heavy atom. The first-order valence-corrected chi connectivity index (χ1v) is 9.17. The molecule has 0 amide bonds. The van der Waals surface area contributed by atoms with Crippen LogP contribution in [0.3, 0.4) is 0 Å². The van der Waals surface area contributed by atoms with Crippen molar-refractivity contribution in [1.29, 1.82) is 0 Å². The molecule has 0 aliphatic carbocycles. The van der Waals surface area contributed by atoms with Gasteiger partial charge in [0, 0.05) is 5.56 Å². The van der Waals surface area contributed by atoms with Crippen LogP contribution in [0.2, 0.25) is 0 Å². The van der Waals surface area contributed by atoms with Crippen LogP contribution in [0.15, 0.2) is 34.6 Å². The highest BCUT2D eigenvalue weighted by Gasteiger charge is 2.40. The van der Waals surface area contributed by atoms with Crippen molar-refractivity contribution in [3.8, 4) is 0 Å². The largest absolute Gasteiger partial charge is 0.456 e. The fraction of sp³-hybridized carbons (Fsp3) is 0.278. The topological polar surface area (TPSA) is 90.1 Å². The monoisotopic (exact) mass is 354 g/mol. The number of esters is 1. The number of carbonyl (C=O) groups excluding carboxylic acids is 1. The summed E-state index contributed by atoms with van der Waals surface area (Å²) in [7, 11) is 0. The molecule has 2 aromatic rings. The average Bonchev–Trinajstić information content (AvgIpc) is 2.96. The molecule has 0 spiro atoms. The summed E-state index contributed by atoms with van der Waals surface area (Å²) in [6.07, 6.45) is 1.90. The maximum atomic E-state index is 12.4. The van der Waals surface area contributed by atoms with E-state index in [0.29, 0.717) is 22.4 Å². The predicted molar refractivity (Wildman–Crippen MR) is 97.6 cm³/mol. The second-order valence-corrected chi connectivity index (χ2v) is 7.00. The van der Waals surface area contributed by atoms with Crippen LogP contribution in [0.5, 0.6) is 0 Å². The minimum atomic E-state index is -0.323. The quantitative estimate of drug-likeness (QED) is 0.487. The number of nitrogens with zero attached hydrogens (tertiary/aromatic N) is 2. The molecule has 2 aliphatic rings. The van der Waals surface area contributed by atoms with E-state index in [1.54, 1.807) is 0 Å². The lowest BCUT2D eigenvalue weighted by Crippen LogP contribution is -2.23. The second-order valence-electron chi connectivity index (χ2n) is 6.23. The zero-order chi connectivity index (χ0) is 17.7. The SMILES string of the molecule is CSc1nc(N)c2c(n1)NC1=C(C(=O)OC1)[C@@H]2c1ccc(C)c(C)c1. The van der Waals surface area contributed by atoms with E-state index in [0.717, 1.165) is 22.4 Å². The van der Waals surface area contributed by atoms with E-state index in [1.165, 1.54) is 17.3 Å². The molecule has 7 heteroatoms. The van der Waals surface area contributed by atoms with Crippen LogP contribution in [0.1, 0.15) is 28.2 Å². The number of nitrogens with two attached hydrogens (primary N) is 1. The number of aromatic nitrogens is 2. The second kappa shape index (κ2) is 5.77. The average molecular weight is 354 g/mol. The number of rotatable bonds is 2. The first-order valence-electron chi connectivity index (χ1n) is 7.95. The molecular weight excluding hydrogens is 336 g/mol. The van der Waals surface area contributed by atoms with E-state index in [2.05, 4.69) is 41.3 Å². The Hall–Kier alpha value is -2.54. The highest BCUT2D eigenvalue weighted by atomic mass is 32.2. The molecule has 0 bridgehead atoms. The van der Waals surface area contributed by atoms with Crippen LogP contribution in [-0.4, -0.2) is 28.8 Å². The minimum absolute atomic E-state index is 0.230. The van der Waals surface area contributed by atoms with E-state index in [1.807, 2.05) is 12.3 Å². The number of thioether (sulfide) groups is 1. The molecule has 0 fully saturated rings. The zero-order valence-corrected chi connectivity index (χ0v) is 15.0. The summed E-state index contributed by atoms with van der Waals surface area (Å²) in [5, 5.41) is 3.81. The molecule has 3 N–H and O–H groups in total. The van der Waals surface area contributed by atoms with Gasteiger partial charge in [0.15, 0.2) is 5.16 Å². The van der Waals surface area contributed by atoms with E-state index in [4.69, 9.17) is 10.5 Å². The van der Waals surface area contributed by atoms with Crippen molar-refractivity contribution in [1.82, 2.24) is 9.97 Å². The standard InChI is InChI=1S/C18H18N4O2S/c1-8-4-5-10(6-9(8)2)12-13-11(7-24-17(13)23)20-16-14(12)15(19)21-18(22-16)25-3/h4-6,12H,7H2,1-3H3,(H3,19,20,21,22)/t12-/m0/s1. The van der Waals surface area contributed by atoms with Gasteiger partial charge in [-0.25, -0.2) is 14.8 Å². The lowest BCUT2D eigenvalue weighted by atomic mass is 9.81. The van der Waals surface area contributed by atoms with Crippen LogP contribution < -0.4 is 11.1 Å². The molecule has 0 saturated heterocycles. The van der Waals surface area contributed by atoms with Crippen molar-refractivity contribution in [3.05, 3.63) is 51.7 Å². The third-order valence-corrected chi connectivity index (χ3v) is 5.29. The van der Waals surface area contributed by atoms with Crippen molar-refractivity contribution in [2.24, 2.45) is 0 Å². The van der Waals surface area contributed by atoms with E-state index in [-0.39, 0.29) is 18.5 Å². The number of hydrogen-bond donors (Lipinski definition) is 2. The Balaban J connectivity index is 1.97. The molecule has 4 rings (SSSR count). The molecule has 128 valence electrons. The Morgan fingerprint density at radius 3 is 2.80 bits per heavy atom. The Morgan fingerprint density at radius 2 is 2.08 bits per heavy atom. The van der Waals surface area contributed by atoms with Gasteiger partial charge in [0.25, 0.3) is 0 Å². The summed E-state index contributed by atoms with van der Waals surface area (Å²) < 4.78 is 5.26. The van der Waals surface area contributed by atoms with Crippen molar-refractivity contribution >= 4 is 29.4 Å². The fourth-order valence-electron chi connectivity index (χ4n) is 3.31. The number of hydrogen-bond acceptors (Lipinski definition) is 7. The Bertz CT molecular complexity index is 939. The third kappa shape index (κ3) is 2.46. The molecule has 3 heterocycles. The van der Waals surface area contributed by atoms with Crippen molar-refractivity contribution in [2.45, 2.75) is 24.9 Å². The van der Waals surface area contributed by atoms with Crippen LogP contribution >= 0.6 is 11.8 Å². The summed E-state index contributed by atoms with van der Waals surface area (Å²) in [6, 6.07) is 6.17. The summed E-state index contributed by atoms with van der Waals surface area (Å²) >= 11 is 1.43. The Kier molecular flexibility index (Phi) is 3.68. The van der Waals surface area contributed by atoms with Crippen molar-refractivity contribution in [2.75, 3.05) is 23.9 Å². The maximum Gasteiger partial charge on any atom is 0.337 e. The number of aryl methyl sites for hydroxylation is 2. The van der Waals surface area contributed by atoms with Gasteiger partial charge in [-0.1, -0.05) is 30.0 Å². The lowest BCUT2D eigenvalue weighted by molar-refractivity contribution is -0.136. The number of benzene rings is 1. The summed E-state index contributed by atoms with van der Waals surface area (Å²) in [6.45, 7) is 4.35. The minimum Gasteiger partial charge on any atom is -0.456 e.